The largest absolute Gasteiger partial charge is 0.483 e. The summed E-state index contributed by atoms with van der Waals surface area (Å²) < 4.78 is 62.2. The van der Waals surface area contributed by atoms with E-state index in [1.54, 1.807) is 18.3 Å². The average molecular weight is 488 g/mol. The summed E-state index contributed by atoms with van der Waals surface area (Å²) in [6.45, 7) is 1.25. The monoisotopic (exact) mass is 488 g/mol. The van der Waals surface area contributed by atoms with Crippen molar-refractivity contribution in [1.82, 2.24) is 9.97 Å². The lowest BCUT2D eigenvalue weighted by atomic mass is 10.0. The molecule has 11 heteroatoms. The van der Waals surface area contributed by atoms with E-state index in [4.69, 9.17) is 9.47 Å². The number of hydrogen-bond acceptors (Lipinski definition) is 6. The summed E-state index contributed by atoms with van der Waals surface area (Å²) in [7, 11) is 0. The molecule has 2 aromatic heterocycles. The number of nitrogens with zero attached hydrogens (tertiary/aromatic N) is 4. The van der Waals surface area contributed by atoms with Gasteiger partial charge in [0.1, 0.15) is 17.4 Å². The number of ether oxygens (including phenoxy) is 2. The second-order valence-corrected chi connectivity index (χ2v) is 8.10. The minimum atomic E-state index is -4.59. The van der Waals surface area contributed by atoms with Crippen molar-refractivity contribution in [1.29, 1.82) is 0 Å². The minimum Gasteiger partial charge on any atom is -0.483 e. The number of anilines is 2. The van der Waals surface area contributed by atoms with Crippen molar-refractivity contribution in [3.63, 3.8) is 0 Å². The molecule has 7 nitrogen and oxygen atoms in total. The standard InChI is InChI=1S/C24H20F4N4O3/c25-15-1-3-18(20(11-15)35-14-24(26,27)28)22-19-13-32(23(33)17(19)5-6-29-22)16-2-4-21(30-12-16)31-7-9-34-10-8-31/h1-6,11-12H,7-10,13-14H2. The molecular weight excluding hydrogens is 468 g/mol. The van der Waals surface area contributed by atoms with Crippen LogP contribution in [-0.2, 0) is 11.3 Å². The van der Waals surface area contributed by atoms with Crippen LogP contribution in [0.15, 0.2) is 48.8 Å². The Hall–Kier alpha value is -3.73. The van der Waals surface area contributed by atoms with Gasteiger partial charge in [0.2, 0.25) is 0 Å². The third kappa shape index (κ3) is 4.76. The molecule has 0 bridgehead atoms. The number of pyridine rings is 2. The zero-order valence-corrected chi connectivity index (χ0v) is 18.4. The van der Waals surface area contributed by atoms with Crippen molar-refractivity contribution in [2.45, 2.75) is 12.7 Å². The van der Waals surface area contributed by atoms with Gasteiger partial charge >= 0.3 is 6.18 Å². The Labute approximate surface area is 197 Å². The highest BCUT2D eigenvalue weighted by Gasteiger charge is 2.33. The zero-order chi connectivity index (χ0) is 24.6. The molecule has 5 rings (SSSR count). The van der Waals surface area contributed by atoms with E-state index in [2.05, 4.69) is 14.9 Å². The van der Waals surface area contributed by atoms with Crippen LogP contribution in [0.2, 0.25) is 0 Å². The van der Waals surface area contributed by atoms with Crippen LogP contribution in [-0.4, -0.2) is 55.0 Å². The normalized spacial score (nSPS) is 15.9. The number of rotatable bonds is 5. The molecule has 1 amide bonds. The second-order valence-electron chi connectivity index (χ2n) is 8.10. The Morgan fingerprint density at radius 1 is 1.03 bits per heavy atom. The maximum absolute atomic E-state index is 13.8. The van der Waals surface area contributed by atoms with Crippen molar-refractivity contribution in [3.05, 3.63) is 65.7 Å². The fourth-order valence-electron chi connectivity index (χ4n) is 4.16. The molecule has 0 unspecified atom stereocenters. The topological polar surface area (TPSA) is 67.8 Å². The average Bonchev–Trinajstić information content (AvgIpc) is 3.20. The number of amides is 1. The first-order chi connectivity index (χ1) is 16.8. The van der Waals surface area contributed by atoms with E-state index >= 15 is 0 Å². The van der Waals surface area contributed by atoms with E-state index in [1.807, 2.05) is 6.07 Å². The molecule has 0 atom stereocenters. The molecule has 3 aromatic rings. The predicted octanol–water partition coefficient (Wildman–Crippen LogP) is 4.22. The smallest absolute Gasteiger partial charge is 0.422 e. The maximum Gasteiger partial charge on any atom is 0.422 e. The molecule has 2 aliphatic heterocycles. The number of fused-ring (bicyclic) bond motifs is 1. The molecule has 4 heterocycles. The summed E-state index contributed by atoms with van der Waals surface area (Å²) in [4.78, 5) is 25.6. The first-order valence-corrected chi connectivity index (χ1v) is 10.9. The number of benzene rings is 1. The van der Waals surface area contributed by atoms with Gasteiger partial charge < -0.3 is 19.3 Å². The summed E-state index contributed by atoms with van der Waals surface area (Å²) in [5, 5.41) is 0. The van der Waals surface area contributed by atoms with E-state index < -0.39 is 18.6 Å². The van der Waals surface area contributed by atoms with Crippen molar-refractivity contribution in [2.75, 3.05) is 42.7 Å². The minimum absolute atomic E-state index is 0.131. The van der Waals surface area contributed by atoms with Gasteiger partial charge in [-0.25, -0.2) is 9.37 Å². The molecule has 1 fully saturated rings. The van der Waals surface area contributed by atoms with Crippen LogP contribution in [0.3, 0.4) is 0 Å². The van der Waals surface area contributed by atoms with Crippen LogP contribution in [0, 0.1) is 5.82 Å². The van der Waals surface area contributed by atoms with E-state index in [0.29, 0.717) is 30.0 Å². The van der Waals surface area contributed by atoms with Crippen molar-refractivity contribution >= 4 is 17.4 Å². The Balaban J connectivity index is 1.44. The van der Waals surface area contributed by atoms with Crippen LogP contribution in [0.25, 0.3) is 11.3 Å². The maximum atomic E-state index is 13.8. The van der Waals surface area contributed by atoms with Gasteiger partial charge in [-0.3, -0.25) is 9.78 Å². The number of aromatic nitrogens is 2. The highest BCUT2D eigenvalue weighted by atomic mass is 19.4. The van der Waals surface area contributed by atoms with Crippen LogP contribution >= 0.6 is 0 Å². The van der Waals surface area contributed by atoms with E-state index in [0.717, 1.165) is 31.0 Å². The number of carbonyl (C=O) groups is 1. The lowest BCUT2D eigenvalue weighted by molar-refractivity contribution is -0.153. The molecule has 182 valence electrons. The summed E-state index contributed by atoms with van der Waals surface area (Å²) in [6.07, 6.45) is -1.59. The SMILES string of the molecule is O=C1c2ccnc(-c3ccc(F)cc3OCC(F)(F)F)c2CN1c1ccc(N2CCOCC2)nc1. The first kappa shape index (κ1) is 23.0. The number of halogens is 4. The number of hydrogen-bond donors (Lipinski definition) is 0. The molecule has 0 aliphatic carbocycles. The third-order valence-electron chi connectivity index (χ3n) is 5.82. The fraction of sp³-hybridized carbons (Fsp3) is 0.292. The van der Waals surface area contributed by atoms with Crippen molar-refractivity contribution in [2.24, 2.45) is 0 Å². The summed E-state index contributed by atoms with van der Waals surface area (Å²) in [5.41, 5.74) is 1.87. The molecule has 1 saturated heterocycles. The van der Waals surface area contributed by atoms with Crippen LogP contribution < -0.4 is 14.5 Å². The number of alkyl halides is 3. The van der Waals surface area contributed by atoms with Gasteiger partial charge in [-0.1, -0.05) is 0 Å². The predicted molar refractivity (Wildman–Crippen MR) is 119 cm³/mol. The van der Waals surface area contributed by atoms with Crippen LogP contribution in [0.4, 0.5) is 29.1 Å². The van der Waals surface area contributed by atoms with Gasteiger partial charge in [-0.2, -0.15) is 13.2 Å². The summed E-state index contributed by atoms with van der Waals surface area (Å²) >= 11 is 0. The van der Waals surface area contributed by atoms with Crippen LogP contribution in [0.1, 0.15) is 15.9 Å². The Morgan fingerprint density at radius 2 is 1.83 bits per heavy atom. The van der Waals surface area contributed by atoms with E-state index in [1.165, 1.54) is 17.2 Å². The van der Waals surface area contributed by atoms with E-state index in [-0.39, 0.29) is 29.5 Å². The van der Waals surface area contributed by atoms with Gasteiger partial charge in [0.15, 0.2) is 6.61 Å². The molecular formula is C24H20F4N4O3. The molecule has 0 radical (unpaired) electrons. The molecule has 0 N–H and O–H groups in total. The lowest BCUT2D eigenvalue weighted by Gasteiger charge is -2.28. The van der Waals surface area contributed by atoms with Gasteiger partial charge in [-0.15, -0.1) is 0 Å². The molecule has 2 aliphatic rings. The molecule has 0 saturated carbocycles. The highest BCUT2D eigenvalue weighted by Crippen LogP contribution is 2.38. The first-order valence-electron chi connectivity index (χ1n) is 10.9. The lowest BCUT2D eigenvalue weighted by Crippen LogP contribution is -2.36. The highest BCUT2D eigenvalue weighted by molar-refractivity contribution is 6.11. The van der Waals surface area contributed by atoms with Crippen molar-refractivity contribution in [3.8, 4) is 17.0 Å². The Morgan fingerprint density at radius 3 is 2.54 bits per heavy atom. The number of carbonyl (C=O) groups excluding carboxylic acids is 1. The van der Waals surface area contributed by atoms with Crippen LogP contribution in [0.5, 0.6) is 5.75 Å². The molecule has 35 heavy (non-hydrogen) atoms. The Bertz CT molecular complexity index is 1240. The quantitative estimate of drug-likeness (QED) is 0.501. The van der Waals surface area contributed by atoms with Gasteiger partial charge in [0.25, 0.3) is 5.91 Å². The van der Waals surface area contributed by atoms with Crippen molar-refractivity contribution < 1.29 is 31.8 Å². The van der Waals surface area contributed by atoms with Gasteiger partial charge in [0, 0.05) is 42.0 Å². The zero-order valence-electron chi connectivity index (χ0n) is 18.4. The molecule has 0 spiro atoms. The summed E-state index contributed by atoms with van der Waals surface area (Å²) in [6, 6.07) is 8.47. The fourth-order valence-corrected chi connectivity index (χ4v) is 4.16. The van der Waals surface area contributed by atoms with Gasteiger partial charge in [-0.05, 0) is 30.3 Å². The molecule has 1 aromatic carbocycles. The van der Waals surface area contributed by atoms with E-state index in [9.17, 15) is 22.4 Å². The second kappa shape index (κ2) is 9.14. The van der Waals surface area contributed by atoms with Gasteiger partial charge in [0.05, 0.1) is 37.3 Å². The third-order valence-corrected chi connectivity index (χ3v) is 5.82. The summed E-state index contributed by atoms with van der Waals surface area (Å²) in [5.74, 6) is -0.556. The Kier molecular flexibility index (Phi) is 6.01. The number of morpholine rings is 1.